The third-order valence-corrected chi connectivity index (χ3v) is 4.80. The van der Waals surface area contributed by atoms with Gasteiger partial charge >= 0.3 is 0 Å². The first-order valence-electron chi connectivity index (χ1n) is 6.46. The summed E-state index contributed by atoms with van der Waals surface area (Å²) in [6.45, 7) is 2.06. The van der Waals surface area contributed by atoms with Crippen molar-refractivity contribution in [2.24, 2.45) is 0 Å². The van der Waals surface area contributed by atoms with E-state index < -0.39 is 0 Å². The molecule has 0 radical (unpaired) electrons. The number of rotatable bonds is 2. The second-order valence-corrected chi connectivity index (χ2v) is 6.03. The van der Waals surface area contributed by atoms with E-state index in [1.54, 1.807) is 11.3 Å². The number of carbonyl (C=O) groups excluding carboxylic acids is 1. The lowest BCUT2D eigenvalue weighted by Gasteiger charge is -2.20. The summed E-state index contributed by atoms with van der Waals surface area (Å²) in [7, 11) is 0. The van der Waals surface area contributed by atoms with Crippen LogP contribution < -0.4 is 5.32 Å². The molecule has 3 nitrogen and oxygen atoms in total. The molecule has 2 heterocycles. The second kappa shape index (κ2) is 5.10. The number of thiophene rings is 1. The molecule has 0 bridgehead atoms. The van der Waals surface area contributed by atoms with Gasteiger partial charge in [0.1, 0.15) is 10.7 Å². The Morgan fingerprint density at radius 2 is 2.26 bits per heavy atom. The van der Waals surface area contributed by atoms with Gasteiger partial charge in [-0.15, -0.1) is 22.9 Å². The van der Waals surface area contributed by atoms with E-state index in [1.807, 2.05) is 0 Å². The topological polar surface area (TPSA) is 42.0 Å². The Bertz CT molecular complexity index is 650. The number of pyridine rings is 1. The van der Waals surface area contributed by atoms with Crippen molar-refractivity contribution in [1.29, 1.82) is 0 Å². The van der Waals surface area contributed by atoms with Crippen LogP contribution in [0.5, 0.6) is 0 Å². The van der Waals surface area contributed by atoms with E-state index >= 15 is 0 Å². The van der Waals surface area contributed by atoms with Crippen molar-refractivity contribution in [3.05, 3.63) is 22.2 Å². The molecule has 2 aromatic heterocycles. The smallest absolute Gasteiger partial charge is 0.239 e. The molecule has 2 aromatic rings. The lowest BCUT2D eigenvalue weighted by molar-refractivity contribution is -0.113. The van der Waals surface area contributed by atoms with Gasteiger partial charge in [-0.05, 0) is 49.1 Å². The summed E-state index contributed by atoms with van der Waals surface area (Å²) in [5.74, 6) is -0.158. The van der Waals surface area contributed by atoms with Crippen LogP contribution in [0.3, 0.4) is 0 Å². The minimum absolute atomic E-state index is 0.0121. The number of alkyl halides is 1. The highest BCUT2D eigenvalue weighted by molar-refractivity contribution is 7.17. The van der Waals surface area contributed by atoms with Crippen LogP contribution in [-0.2, 0) is 17.6 Å². The molecule has 0 aromatic carbocycles. The van der Waals surface area contributed by atoms with Crippen molar-refractivity contribution >= 4 is 44.7 Å². The Morgan fingerprint density at radius 3 is 3.05 bits per heavy atom. The minimum atomic E-state index is -0.146. The molecule has 5 heteroatoms. The first kappa shape index (κ1) is 12.9. The zero-order valence-electron chi connectivity index (χ0n) is 10.8. The summed E-state index contributed by atoms with van der Waals surface area (Å²) in [6.07, 6.45) is 4.34. The number of carbonyl (C=O) groups is 1. The van der Waals surface area contributed by atoms with Crippen molar-refractivity contribution in [1.82, 2.24) is 4.98 Å². The van der Waals surface area contributed by atoms with Crippen molar-refractivity contribution < 1.29 is 4.79 Å². The Morgan fingerprint density at radius 1 is 1.47 bits per heavy atom. The molecular formula is C14H15ClN2OS. The number of aromatic nitrogens is 1. The van der Waals surface area contributed by atoms with Crippen LogP contribution in [0.15, 0.2) is 5.38 Å². The van der Waals surface area contributed by atoms with Crippen LogP contribution in [0, 0.1) is 6.92 Å². The van der Waals surface area contributed by atoms with Crippen LogP contribution in [0.4, 0.5) is 5.69 Å². The van der Waals surface area contributed by atoms with Gasteiger partial charge in [-0.25, -0.2) is 4.98 Å². The van der Waals surface area contributed by atoms with Gasteiger partial charge in [-0.1, -0.05) is 0 Å². The number of anilines is 1. The Labute approximate surface area is 121 Å². The van der Waals surface area contributed by atoms with E-state index in [0.717, 1.165) is 40.9 Å². The zero-order valence-corrected chi connectivity index (χ0v) is 12.3. The quantitative estimate of drug-likeness (QED) is 0.859. The van der Waals surface area contributed by atoms with Gasteiger partial charge < -0.3 is 5.32 Å². The monoisotopic (exact) mass is 294 g/mol. The fourth-order valence-electron chi connectivity index (χ4n) is 2.68. The SMILES string of the molecule is Cc1csc2nc3c(c(NC(=O)CCl)c12)CCCC3. The van der Waals surface area contributed by atoms with Crippen LogP contribution in [0.1, 0.15) is 29.7 Å². The molecule has 0 fully saturated rings. The predicted molar refractivity (Wildman–Crippen MR) is 80.3 cm³/mol. The van der Waals surface area contributed by atoms with Gasteiger partial charge in [0.25, 0.3) is 0 Å². The first-order valence-corrected chi connectivity index (χ1v) is 7.87. The van der Waals surface area contributed by atoms with Crippen LogP contribution in [0.2, 0.25) is 0 Å². The average molecular weight is 295 g/mol. The van der Waals surface area contributed by atoms with Crippen LogP contribution in [-0.4, -0.2) is 16.8 Å². The molecule has 0 atom stereocenters. The highest BCUT2D eigenvalue weighted by Gasteiger charge is 2.21. The van der Waals surface area contributed by atoms with Gasteiger partial charge in [-0.2, -0.15) is 0 Å². The molecule has 0 spiro atoms. The normalized spacial score (nSPS) is 14.4. The number of nitrogens with zero attached hydrogens (tertiary/aromatic N) is 1. The Kier molecular flexibility index (Phi) is 3.46. The maximum atomic E-state index is 11.7. The molecule has 0 saturated heterocycles. The third-order valence-electron chi connectivity index (χ3n) is 3.57. The molecule has 1 aliphatic rings. The van der Waals surface area contributed by atoms with E-state index in [0.29, 0.717) is 0 Å². The molecule has 19 heavy (non-hydrogen) atoms. The van der Waals surface area contributed by atoms with Gasteiger partial charge in [0, 0.05) is 11.1 Å². The molecule has 1 N–H and O–H groups in total. The summed E-state index contributed by atoms with van der Waals surface area (Å²) < 4.78 is 0. The lowest BCUT2D eigenvalue weighted by Crippen LogP contribution is -2.17. The molecule has 0 unspecified atom stereocenters. The average Bonchev–Trinajstić information content (AvgIpc) is 2.80. The van der Waals surface area contributed by atoms with E-state index in [1.165, 1.54) is 17.5 Å². The molecule has 100 valence electrons. The largest absolute Gasteiger partial charge is 0.324 e. The maximum Gasteiger partial charge on any atom is 0.239 e. The van der Waals surface area contributed by atoms with Crippen molar-refractivity contribution in [2.45, 2.75) is 32.6 Å². The van der Waals surface area contributed by atoms with Crippen molar-refractivity contribution in [3.8, 4) is 0 Å². The minimum Gasteiger partial charge on any atom is -0.324 e. The van der Waals surface area contributed by atoms with E-state index in [-0.39, 0.29) is 11.8 Å². The summed E-state index contributed by atoms with van der Waals surface area (Å²) in [5.41, 5.74) is 4.47. The summed E-state index contributed by atoms with van der Waals surface area (Å²) in [4.78, 5) is 17.5. The van der Waals surface area contributed by atoms with Crippen molar-refractivity contribution in [3.63, 3.8) is 0 Å². The van der Waals surface area contributed by atoms with Crippen LogP contribution in [0.25, 0.3) is 10.2 Å². The lowest BCUT2D eigenvalue weighted by atomic mass is 9.93. The Hall–Kier alpha value is -1.13. The van der Waals surface area contributed by atoms with Crippen molar-refractivity contribution in [2.75, 3.05) is 11.2 Å². The van der Waals surface area contributed by atoms with E-state index in [2.05, 4.69) is 17.6 Å². The molecule has 0 saturated carbocycles. The summed E-state index contributed by atoms with van der Waals surface area (Å²) in [5, 5.41) is 6.17. The fraction of sp³-hybridized carbons (Fsp3) is 0.429. The number of hydrogen-bond donors (Lipinski definition) is 1. The highest BCUT2D eigenvalue weighted by atomic mass is 35.5. The number of hydrogen-bond acceptors (Lipinski definition) is 3. The second-order valence-electron chi connectivity index (χ2n) is 4.90. The first-order chi connectivity index (χ1) is 9.20. The van der Waals surface area contributed by atoms with Gasteiger partial charge in [0.15, 0.2) is 0 Å². The molecule has 0 aliphatic heterocycles. The van der Waals surface area contributed by atoms with E-state index in [4.69, 9.17) is 16.6 Å². The number of halogens is 1. The highest BCUT2D eigenvalue weighted by Crippen LogP contribution is 2.37. The van der Waals surface area contributed by atoms with Gasteiger partial charge in [-0.3, -0.25) is 4.79 Å². The molecule has 1 amide bonds. The molecular weight excluding hydrogens is 280 g/mol. The Balaban J connectivity index is 2.23. The van der Waals surface area contributed by atoms with Gasteiger partial charge in [0.2, 0.25) is 5.91 Å². The van der Waals surface area contributed by atoms with Crippen LogP contribution >= 0.6 is 22.9 Å². The summed E-state index contributed by atoms with van der Waals surface area (Å²) >= 11 is 7.27. The number of aryl methyl sites for hydroxylation is 2. The standard InChI is InChI=1S/C14H15ClN2OS/c1-8-7-19-14-12(8)13(17-11(18)6-15)9-4-2-3-5-10(9)16-14/h7H,2-6H2,1H3,(H,16,17,18). The predicted octanol–water partition coefficient (Wildman–Crippen LogP) is 3.66. The fourth-order valence-corrected chi connectivity index (χ4v) is 3.70. The third kappa shape index (κ3) is 2.23. The van der Waals surface area contributed by atoms with Gasteiger partial charge in [0.05, 0.1) is 5.69 Å². The molecule has 3 rings (SSSR count). The maximum absolute atomic E-state index is 11.7. The zero-order chi connectivity index (χ0) is 13.4. The number of nitrogens with one attached hydrogen (secondary N) is 1. The number of fused-ring (bicyclic) bond motifs is 2. The number of amides is 1. The summed E-state index contributed by atoms with van der Waals surface area (Å²) in [6, 6.07) is 0. The molecule has 1 aliphatic carbocycles. The van der Waals surface area contributed by atoms with E-state index in [9.17, 15) is 4.79 Å².